The lowest BCUT2D eigenvalue weighted by Gasteiger charge is -2.27. The van der Waals surface area contributed by atoms with Gasteiger partial charge in [-0.05, 0) is 49.6 Å². The zero-order valence-electron chi connectivity index (χ0n) is 11.3. The molecule has 0 aliphatic heterocycles. The van der Waals surface area contributed by atoms with Crippen LogP contribution in [0.5, 0.6) is 0 Å². The zero-order valence-corrected chi connectivity index (χ0v) is 12.1. The molecule has 1 amide bonds. The second-order valence-electron chi connectivity index (χ2n) is 5.81. The molecule has 0 radical (unpaired) electrons. The molecule has 0 aromatic carbocycles. The van der Waals surface area contributed by atoms with E-state index in [0.29, 0.717) is 24.4 Å². The topological polar surface area (TPSA) is 46.3 Å². The van der Waals surface area contributed by atoms with Crippen molar-refractivity contribution in [2.75, 3.05) is 6.54 Å². The number of nitrogens with zero attached hydrogens (tertiary/aromatic N) is 1. The predicted molar refractivity (Wildman–Crippen MR) is 77.8 cm³/mol. The molecule has 2 N–H and O–H groups in total. The number of nitrogens with two attached hydrogens (primary N) is 1. The Morgan fingerprint density at radius 1 is 1.37 bits per heavy atom. The first-order valence-electron chi connectivity index (χ1n) is 7.32. The molecule has 4 heteroatoms. The summed E-state index contributed by atoms with van der Waals surface area (Å²) in [7, 11) is 0. The number of hydrogen-bond acceptors (Lipinski definition) is 3. The van der Waals surface area contributed by atoms with Gasteiger partial charge in [0.2, 0.25) is 5.91 Å². The van der Waals surface area contributed by atoms with Crippen molar-refractivity contribution in [3.63, 3.8) is 0 Å². The van der Waals surface area contributed by atoms with E-state index in [4.69, 9.17) is 5.73 Å². The van der Waals surface area contributed by atoms with Crippen molar-refractivity contribution in [2.24, 2.45) is 17.6 Å². The molecule has 0 bridgehead atoms. The van der Waals surface area contributed by atoms with Gasteiger partial charge in [-0.15, -0.1) is 11.3 Å². The molecule has 1 aromatic rings. The highest BCUT2D eigenvalue weighted by molar-refractivity contribution is 7.09. The van der Waals surface area contributed by atoms with Crippen LogP contribution in [-0.2, 0) is 11.3 Å². The molecular formula is C15H22N2OS. The molecule has 19 heavy (non-hydrogen) atoms. The van der Waals surface area contributed by atoms with Crippen molar-refractivity contribution in [3.8, 4) is 0 Å². The van der Waals surface area contributed by atoms with Gasteiger partial charge in [-0.1, -0.05) is 12.5 Å². The van der Waals surface area contributed by atoms with E-state index in [2.05, 4.69) is 22.4 Å². The van der Waals surface area contributed by atoms with Crippen LogP contribution in [0.3, 0.4) is 0 Å². The van der Waals surface area contributed by atoms with Gasteiger partial charge in [0.15, 0.2) is 0 Å². The molecule has 2 fully saturated rings. The van der Waals surface area contributed by atoms with Crippen molar-refractivity contribution in [2.45, 2.75) is 44.7 Å². The zero-order chi connectivity index (χ0) is 13.2. The van der Waals surface area contributed by atoms with Gasteiger partial charge in [-0.25, -0.2) is 0 Å². The van der Waals surface area contributed by atoms with E-state index in [1.807, 2.05) is 0 Å². The lowest BCUT2D eigenvalue weighted by Crippen LogP contribution is -2.39. The van der Waals surface area contributed by atoms with Gasteiger partial charge in [0.05, 0.1) is 6.54 Å². The van der Waals surface area contributed by atoms with Crippen LogP contribution in [0.4, 0.5) is 0 Å². The molecule has 0 spiro atoms. The number of rotatable bonds is 5. The van der Waals surface area contributed by atoms with Crippen molar-refractivity contribution in [3.05, 3.63) is 22.4 Å². The monoisotopic (exact) mass is 278 g/mol. The lowest BCUT2D eigenvalue weighted by molar-refractivity contribution is -0.137. The average Bonchev–Trinajstić information content (AvgIpc) is 2.95. The second kappa shape index (κ2) is 5.63. The van der Waals surface area contributed by atoms with Crippen LogP contribution in [0.15, 0.2) is 17.5 Å². The largest absolute Gasteiger partial charge is 0.334 e. The molecule has 3 rings (SSSR count). The van der Waals surface area contributed by atoms with Gasteiger partial charge < -0.3 is 10.6 Å². The summed E-state index contributed by atoms with van der Waals surface area (Å²) in [4.78, 5) is 16.2. The molecule has 3 nitrogen and oxygen atoms in total. The van der Waals surface area contributed by atoms with Crippen molar-refractivity contribution in [1.29, 1.82) is 0 Å². The van der Waals surface area contributed by atoms with Crippen molar-refractivity contribution >= 4 is 17.2 Å². The van der Waals surface area contributed by atoms with Crippen LogP contribution in [-0.4, -0.2) is 23.4 Å². The second-order valence-corrected chi connectivity index (χ2v) is 6.84. The fraction of sp³-hybridized carbons (Fsp3) is 0.667. The standard InChI is InChI=1S/C15H22N2OS/c16-9-11-3-1-5-14(11)15(18)17(12-6-7-12)10-13-4-2-8-19-13/h2,4,8,11-12,14H,1,3,5-7,9-10,16H2/t11-,14-/m1/s1. The Morgan fingerprint density at radius 2 is 2.21 bits per heavy atom. The Labute approximate surface area is 118 Å². The molecule has 2 aliphatic rings. The number of carbonyl (C=O) groups excluding carboxylic acids is 1. The number of amides is 1. The first kappa shape index (κ1) is 13.1. The Kier molecular flexibility index (Phi) is 3.89. The number of carbonyl (C=O) groups is 1. The summed E-state index contributed by atoms with van der Waals surface area (Å²) in [5.74, 6) is 0.964. The highest BCUT2D eigenvalue weighted by Crippen LogP contribution is 2.37. The minimum Gasteiger partial charge on any atom is -0.334 e. The molecule has 2 atom stereocenters. The van der Waals surface area contributed by atoms with E-state index in [1.165, 1.54) is 17.7 Å². The third kappa shape index (κ3) is 2.84. The first-order chi connectivity index (χ1) is 9.29. The first-order valence-corrected chi connectivity index (χ1v) is 8.20. The van der Waals surface area contributed by atoms with Crippen LogP contribution in [0, 0.1) is 11.8 Å². The highest BCUT2D eigenvalue weighted by atomic mass is 32.1. The SMILES string of the molecule is NC[C@H]1CCC[C@H]1C(=O)N(Cc1cccs1)C1CC1. The molecule has 0 unspecified atom stereocenters. The van der Waals surface area contributed by atoms with Gasteiger partial charge in [0, 0.05) is 16.8 Å². The summed E-state index contributed by atoms with van der Waals surface area (Å²) in [5, 5.41) is 2.09. The normalized spacial score (nSPS) is 26.6. The Bertz CT molecular complexity index is 427. The average molecular weight is 278 g/mol. The van der Waals surface area contributed by atoms with Crippen LogP contribution in [0.2, 0.25) is 0 Å². The summed E-state index contributed by atoms with van der Waals surface area (Å²) < 4.78 is 0. The lowest BCUT2D eigenvalue weighted by atomic mass is 9.94. The summed E-state index contributed by atoms with van der Waals surface area (Å²) in [6.45, 7) is 1.46. The maximum Gasteiger partial charge on any atom is 0.226 e. The number of thiophene rings is 1. The van der Waals surface area contributed by atoms with E-state index in [1.54, 1.807) is 11.3 Å². The Balaban J connectivity index is 1.71. The van der Waals surface area contributed by atoms with Crippen LogP contribution in [0.1, 0.15) is 37.0 Å². The summed E-state index contributed by atoms with van der Waals surface area (Å²) in [6, 6.07) is 4.68. The molecule has 1 heterocycles. The molecule has 1 aromatic heterocycles. The van der Waals surface area contributed by atoms with E-state index in [0.717, 1.165) is 25.8 Å². The van der Waals surface area contributed by atoms with Gasteiger partial charge >= 0.3 is 0 Å². The number of hydrogen-bond donors (Lipinski definition) is 1. The summed E-state index contributed by atoms with van der Waals surface area (Å²) >= 11 is 1.74. The minimum absolute atomic E-state index is 0.186. The summed E-state index contributed by atoms with van der Waals surface area (Å²) in [6.07, 6.45) is 5.68. The third-order valence-corrected chi connectivity index (χ3v) is 5.32. The smallest absolute Gasteiger partial charge is 0.226 e. The maximum absolute atomic E-state index is 12.8. The summed E-state index contributed by atoms with van der Waals surface area (Å²) in [5.41, 5.74) is 5.82. The Morgan fingerprint density at radius 3 is 2.84 bits per heavy atom. The highest BCUT2D eigenvalue weighted by Gasteiger charge is 2.40. The Hall–Kier alpha value is -0.870. The van der Waals surface area contributed by atoms with E-state index < -0.39 is 0 Å². The van der Waals surface area contributed by atoms with E-state index in [9.17, 15) is 4.79 Å². The van der Waals surface area contributed by atoms with Gasteiger partial charge in [0.25, 0.3) is 0 Å². The molecule has 0 saturated heterocycles. The van der Waals surface area contributed by atoms with E-state index >= 15 is 0 Å². The van der Waals surface area contributed by atoms with Gasteiger partial charge in [-0.3, -0.25) is 4.79 Å². The van der Waals surface area contributed by atoms with Crippen LogP contribution >= 0.6 is 11.3 Å². The van der Waals surface area contributed by atoms with Gasteiger partial charge in [-0.2, -0.15) is 0 Å². The van der Waals surface area contributed by atoms with Crippen molar-refractivity contribution in [1.82, 2.24) is 4.90 Å². The minimum atomic E-state index is 0.186. The third-order valence-electron chi connectivity index (χ3n) is 4.46. The van der Waals surface area contributed by atoms with Crippen LogP contribution in [0.25, 0.3) is 0 Å². The quantitative estimate of drug-likeness (QED) is 0.900. The van der Waals surface area contributed by atoms with Crippen molar-refractivity contribution < 1.29 is 4.79 Å². The predicted octanol–water partition coefficient (Wildman–Crippen LogP) is 2.61. The fourth-order valence-electron chi connectivity index (χ4n) is 3.20. The molecule has 104 valence electrons. The molecule has 2 saturated carbocycles. The van der Waals surface area contributed by atoms with Gasteiger partial charge in [0.1, 0.15) is 0 Å². The fourth-order valence-corrected chi connectivity index (χ4v) is 3.90. The van der Waals surface area contributed by atoms with Crippen LogP contribution < -0.4 is 5.73 Å². The molecular weight excluding hydrogens is 256 g/mol. The van der Waals surface area contributed by atoms with E-state index in [-0.39, 0.29) is 5.92 Å². The molecule has 2 aliphatic carbocycles. The maximum atomic E-state index is 12.8.